The molecule has 0 amide bonds. The van der Waals surface area contributed by atoms with E-state index in [9.17, 15) is 4.79 Å². The molecule has 1 heterocycles. The topological polar surface area (TPSA) is 53.4 Å². The molecule has 0 bridgehead atoms. The van der Waals surface area contributed by atoms with Crippen molar-refractivity contribution in [2.45, 2.75) is 26.5 Å². The molecule has 0 aliphatic carbocycles. The van der Waals surface area contributed by atoms with E-state index in [1.165, 1.54) is 0 Å². The number of benzene rings is 1. The molecule has 0 fully saturated rings. The summed E-state index contributed by atoms with van der Waals surface area (Å²) in [4.78, 5) is 15.0. The number of imidazole rings is 1. The summed E-state index contributed by atoms with van der Waals surface area (Å²) >= 11 is 3.41. The molecule has 21 heavy (non-hydrogen) atoms. The summed E-state index contributed by atoms with van der Waals surface area (Å²) < 4.78 is 13.8. The maximum Gasteiger partial charge on any atom is 0.175 e. The quantitative estimate of drug-likeness (QED) is 0.745. The maximum atomic E-state index is 10.9. The van der Waals surface area contributed by atoms with Crippen molar-refractivity contribution in [2.75, 3.05) is 7.11 Å². The molecule has 0 N–H and O–H groups in total. The molecule has 2 rings (SSSR count). The molecule has 1 aromatic heterocycles. The third kappa shape index (κ3) is 3.44. The van der Waals surface area contributed by atoms with Crippen LogP contribution in [0.15, 0.2) is 29.1 Å². The second kappa shape index (κ2) is 6.76. The fourth-order valence-corrected chi connectivity index (χ4v) is 2.58. The van der Waals surface area contributed by atoms with Crippen molar-refractivity contribution in [1.82, 2.24) is 9.55 Å². The number of halogens is 1. The third-order valence-corrected chi connectivity index (χ3v) is 3.64. The van der Waals surface area contributed by atoms with E-state index in [0.29, 0.717) is 34.2 Å². The Kier molecular flexibility index (Phi) is 5.01. The average molecular weight is 353 g/mol. The van der Waals surface area contributed by atoms with Crippen LogP contribution in [-0.4, -0.2) is 22.9 Å². The van der Waals surface area contributed by atoms with E-state index in [1.807, 2.05) is 4.57 Å². The normalized spacial score (nSPS) is 10.7. The van der Waals surface area contributed by atoms with Crippen molar-refractivity contribution in [3.05, 3.63) is 40.4 Å². The first-order valence-corrected chi connectivity index (χ1v) is 7.32. The Hall–Kier alpha value is -1.82. The fourth-order valence-electron chi connectivity index (χ4n) is 2.00. The third-order valence-electron chi connectivity index (χ3n) is 3.05. The smallest absolute Gasteiger partial charge is 0.175 e. The second-order valence-electron chi connectivity index (χ2n) is 4.83. The molecule has 0 aliphatic rings. The highest BCUT2D eigenvalue weighted by Gasteiger charge is 2.13. The number of methoxy groups -OCH3 is 1. The molecular weight excluding hydrogens is 336 g/mol. The summed E-state index contributed by atoms with van der Waals surface area (Å²) in [6.45, 7) is 4.54. The lowest BCUT2D eigenvalue weighted by molar-refractivity contribution is 0.112. The van der Waals surface area contributed by atoms with Crippen LogP contribution in [-0.2, 0) is 6.61 Å². The summed E-state index contributed by atoms with van der Waals surface area (Å²) in [5.74, 6) is 1.08. The molecule has 0 atom stereocenters. The zero-order valence-corrected chi connectivity index (χ0v) is 13.8. The lowest BCUT2D eigenvalue weighted by atomic mass is 10.2. The van der Waals surface area contributed by atoms with Gasteiger partial charge in [0, 0.05) is 11.6 Å². The van der Waals surface area contributed by atoms with Gasteiger partial charge in [-0.15, -0.1) is 0 Å². The number of hydrogen-bond donors (Lipinski definition) is 0. The van der Waals surface area contributed by atoms with Gasteiger partial charge in [0.1, 0.15) is 12.9 Å². The number of carbonyl (C=O) groups is 1. The Balaban J connectivity index is 2.23. The second-order valence-corrected chi connectivity index (χ2v) is 5.68. The Morgan fingerprint density at radius 2 is 2.19 bits per heavy atom. The van der Waals surface area contributed by atoms with E-state index in [-0.39, 0.29) is 0 Å². The van der Waals surface area contributed by atoms with Crippen LogP contribution < -0.4 is 9.47 Å². The van der Waals surface area contributed by atoms with Gasteiger partial charge in [-0.25, -0.2) is 4.98 Å². The SMILES string of the molecule is COc1cc(C=O)cc(Br)c1OCc1cncn1C(C)C. The van der Waals surface area contributed by atoms with E-state index in [0.717, 1.165) is 12.0 Å². The molecule has 0 spiro atoms. The van der Waals surface area contributed by atoms with Gasteiger partial charge in [-0.05, 0) is 41.9 Å². The van der Waals surface area contributed by atoms with Gasteiger partial charge in [-0.2, -0.15) is 0 Å². The van der Waals surface area contributed by atoms with Crippen LogP contribution in [0.5, 0.6) is 11.5 Å². The number of aldehydes is 1. The number of aromatic nitrogens is 2. The molecule has 5 nitrogen and oxygen atoms in total. The van der Waals surface area contributed by atoms with Crippen molar-refractivity contribution in [2.24, 2.45) is 0 Å². The predicted molar refractivity (Wildman–Crippen MR) is 83.0 cm³/mol. The van der Waals surface area contributed by atoms with Crippen LogP contribution in [0.4, 0.5) is 0 Å². The van der Waals surface area contributed by atoms with Crippen molar-refractivity contribution in [3.63, 3.8) is 0 Å². The van der Waals surface area contributed by atoms with E-state index in [4.69, 9.17) is 9.47 Å². The largest absolute Gasteiger partial charge is 0.493 e. The van der Waals surface area contributed by atoms with Crippen LogP contribution in [0.3, 0.4) is 0 Å². The van der Waals surface area contributed by atoms with Gasteiger partial charge in [0.25, 0.3) is 0 Å². The Bertz CT molecular complexity index is 638. The predicted octanol–water partition coefficient (Wildman–Crippen LogP) is 3.63. The van der Waals surface area contributed by atoms with Crippen molar-refractivity contribution < 1.29 is 14.3 Å². The minimum atomic E-state index is 0.314. The van der Waals surface area contributed by atoms with Gasteiger partial charge >= 0.3 is 0 Å². The molecule has 0 unspecified atom stereocenters. The summed E-state index contributed by atoms with van der Waals surface area (Å²) in [6, 6.07) is 3.66. The van der Waals surface area contributed by atoms with Crippen molar-refractivity contribution >= 4 is 22.2 Å². The van der Waals surface area contributed by atoms with Crippen LogP contribution in [0.2, 0.25) is 0 Å². The summed E-state index contributed by atoms with van der Waals surface area (Å²) in [7, 11) is 1.54. The van der Waals surface area contributed by atoms with Gasteiger partial charge in [-0.1, -0.05) is 0 Å². The Labute approximate surface area is 132 Å². The zero-order chi connectivity index (χ0) is 15.4. The summed E-state index contributed by atoms with van der Waals surface area (Å²) in [5.41, 5.74) is 1.50. The average Bonchev–Trinajstić information content (AvgIpc) is 2.93. The van der Waals surface area contributed by atoms with Gasteiger partial charge in [-0.3, -0.25) is 4.79 Å². The lowest BCUT2D eigenvalue weighted by Crippen LogP contribution is -2.08. The highest BCUT2D eigenvalue weighted by molar-refractivity contribution is 9.10. The monoisotopic (exact) mass is 352 g/mol. The molecule has 0 radical (unpaired) electrons. The maximum absolute atomic E-state index is 10.9. The Morgan fingerprint density at radius 1 is 1.43 bits per heavy atom. The Morgan fingerprint density at radius 3 is 2.81 bits per heavy atom. The minimum absolute atomic E-state index is 0.314. The van der Waals surface area contributed by atoms with Crippen LogP contribution in [0.25, 0.3) is 0 Å². The molecular formula is C15H17BrN2O3. The zero-order valence-electron chi connectivity index (χ0n) is 12.2. The highest BCUT2D eigenvalue weighted by atomic mass is 79.9. The van der Waals surface area contributed by atoms with E-state index < -0.39 is 0 Å². The van der Waals surface area contributed by atoms with Gasteiger partial charge in [0.2, 0.25) is 0 Å². The van der Waals surface area contributed by atoms with Crippen LogP contribution in [0.1, 0.15) is 35.9 Å². The highest BCUT2D eigenvalue weighted by Crippen LogP contribution is 2.36. The van der Waals surface area contributed by atoms with Crippen molar-refractivity contribution in [1.29, 1.82) is 0 Å². The first-order valence-electron chi connectivity index (χ1n) is 6.53. The van der Waals surface area contributed by atoms with Gasteiger partial charge in [0.05, 0.1) is 29.8 Å². The number of ether oxygens (including phenoxy) is 2. The molecule has 0 saturated carbocycles. The number of rotatable bonds is 6. The van der Waals surface area contributed by atoms with Gasteiger partial charge < -0.3 is 14.0 Å². The molecule has 0 aliphatic heterocycles. The van der Waals surface area contributed by atoms with Crippen LogP contribution >= 0.6 is 15.9 Å². The molecule has 6 heteroatoms. The first-order chi connectivity index (χ1) is 10.1. The molecule has 112 valence electrons. The molecule has 1 aromatic carbocycles. The standard InChI is InChI=1S/C15H17BrN2O3/c1-10(2)18-9-17-6-12(18)8-21-15-13(16)4-11(7-19)5-14(15)20-3/h4-7,9-10H,8H2,1-3H3. The van der Waals surface area contributed by atoms with Gasteiger partial charge in [0.15, 0.2) is 11.5 Å². The van der Waals surface area contributed by atoms with E-state index >= 15 is 0 Å². The van der Waals surface area contributed by atoms with E-state index in [2.05, 4.69) is 34.8 Å². The van der Waals surface area contributed by atoms with Crippen LogP contribution in [0, 0.1) is 0 Å². The first kappa shape index (κ1) is 15.6. The summed E-state index contributed by atoms with van der Waals surface area (Å²) in [5, 5.41) is 0. The lowest BCUT2D eigenvalue weighted by Gasteiger charge is -2.15. The summed E-state index contributed by atoms with van der Waals surface area (Å²) in [6.07, 6.45) is 4.33. The molecule has 0 saturated heterocycles. The number of nitrogens with zero attached hydrogens (tertiary/aromatic N) is 2. The van der Waals surface area contributed by atoms with E-state index in [1.54, 1.807) is 31.8 Å². The van der Waals surface area contributed by atoms with Crippen molar-refractivity contribution in [3.8, 4) is 11.5 Å². The minimum Gasteiger partial charge on any atom is -0.493 e. The number of hydrogen-bond acceptors (Lipinski definition) is 4. The number of carbonyl (C=O) groups excluding carboxylic acids is 1. The molecule has 2 aromatic rings. The fraction of sp³-hybridized carbons (Fsp3) is 0.333.